The first-order chi connectivity index (χ1) is 13.8. The standard InChI is InChI=1S/C21H21F3N4O/c1-14-10-20(27(2)26-14)18-13-28(19-9-4-3-8-17(19)25-18)12-15-6-5-7-16(11-15)29-21(22,23)24/h3-11,18,25H,12-13H2,1-2H3. The number of hydrogen-bond donors (Lipinski definition) is 1. The molecule has 4 rings (SSSR count). The molecular formula is C21H21F3N4O. The van der Waals surface area contributed by atoms with Crippen LogP contribution in [0.5, 0.6) is 5.75 Å². The maximum absolute atomic E-state index is 12.6. The highest BCUT2D eigenvalue weighted by molar-refractivity contribution is 5.73. The molecule has 0 amide bonds. The molecule has 1 aliphatic rings. The summed E-state index contributed by atoms with van der Waals surface area (Å²) in [6.45, 7) is 3.06. The van der Waals surface area contributed by atoms with E-state index in [0.717, 1.165) is 28.3 Å². The van der Waals surface area contributed by atoms with Crippen molar-refractivity contribution in [3.05, 3.63) is 71.5 Å². The molecule has 0 saturated carbocycles. The molecule has 5 nitrogen and oxygen atoms in total. The number of aryl methyl sites for hydroxylation is 2. The van der Waals surface area contributed by atoms with Gasteiger partial charge in [-0.15, -0.1) is 13.2 Å². The molecule has 1 aliphatic heterocycles. The zero-order valence-corrected chi connectivity index (χ0v) is 16.1. The second kappa shape index (κ2) is 7.35. The average Bonchev–Trinajstić information content (AvgIpc) is 2.99. The Labute approximate surface area is 166 Å². The lowest BCUT2D eigenvalue weighted by Crippen LogP contribution is -2.37. The van der Waals surface area contributed by atoms with Crippen molar-refractivity contribution < 1.29 is 17.9 Å². The number of benzene rings is 2. The third kappa shape index (κ3) is 4.31. The highest BCUT2D eigenvalue weighted by Crippen LogP contribution is 2.36. The predicted octanol–water partition coefficient (Wildman–Crippen LogP) is 4.80. The Morgan fingerprint density at radius 2 is 1.93 bits per heavy atom. The van der Waals surface area contributed by atoms with Gasteiger partial charge < -0.3 is 15.0 Å². The molecule has 8 heteroatoms. The number of ether oxygens (including phenoxy) is 1. The fourth-order valence-electron chi connectivity index (χ4n) is 3.76. The lowest BCUT2D eigenvalue weighted by molar-refractivity contribution is -0.274. The number of aromatic nitrogens is 2. The van der Waals surface area contributed by atoms with Crippen LogP contribution in [0.15, 0.2) is 54.6 Å². The summed E-state index contributed by atoms with van der Waals surface area (Å²) < 4.78 is 43.6. The minimum atomic E-state index is -4.71. The minimum absolute atomic E-state index is 0.00528. The maximum Gasteiger partial charge on any atom is 0.573 e. The van der Waals surface area contributed by atoms with Crippen molar-refractivity contribution in [1.29, 1.82) is 0 Å². The molecule has 1 aromatic heterocycles. The number of alkyl halides is 3. The van der Waals surface area contributed by atoms with Gasteiger partial charge in [0.1, 0.15) is 5.75 Å². The van der Waals surface area contributed by atoms with Gasteiger partial charge in [-0.1, -0.05) is 24.3 Å². The van der Waals surface area contributed by atoms with Crippen LogP contribution in [0.4, 0.5) is 24.5 Å². The van der Waals surface area contributed by atoms with Gasteiger partial charge in [0.2, 0.25) is 0 Å². The van der Waals surface area contributed by atoms with Crippen molar-refractivity contribution in [2.45, 2.75) is 25.9 Å². The van der Waals surface area contributed by atoms with Gasteiger partial charge >= 0.3 is 6.36 Å². The summed E-state index contributed by atoms with van der Waals surface area (Å²) >= 11 is 0. The van der Waals surface area contributed by atoms with E-state index < -0.39 is 6.36 Å². The van der Waals surface area contributed by atoms with E-state index >= 15 is 0 Å². The summed E-state index contributed by atoms with van der Waals surface area (Å²) in [4.78, 5) is 2.16. The van der Waals surface area contributed by atoms with Crippen LogP contribution < -0.4 is 15.0 Å². The van der Waals surface area contributed by atoms with E-state index in [9.17, 15) is 13.2 Å². The fraction of sp³-hybridized carbons (Fsp3) is 0.286. The second-order valence-electron chi connectivity index (χ2n) is 7.12. The summed E-state index contributed by atoms with van der Waals surface area (Å²) in [6.07, 6.45) is -4.71. The molecule has 29 heavy (non-hydrogen) atoms. The van der Waals surface area contributed by atoms with E-state index in [1.165, 1.54) is 12.1 Å². The average molecular weight is 402 g/mol. The Morgan fingerprint density at radius 3 is 2.66 bits per heavy atom. The minimum Gasteiger partial charge on any atom is -0.406 e. The van der Waals surface area contributed by atoms with Crippen LogP contribution in [-0.4, -0.2) is 22.7 Å². The van der Waals surface area contributed by atoms with Crippen molar-refractivity contribution in [3.63, 3.8) is 0 Å². The molecule has 0 bridgehead atoms. The maximum atomic E-state index is 12.6. The molecule has 152 valence electrons. The highest BCUT2D eigenvalue weighted by Gasteiger charge is 2.31. The molecule has 1 atom stereocenters. The van der Waals surface area contributed by atoms with Gasteiger partial charge in [0.15, 0.2) is 0 Å². The third-order valence-corrected chi connectivity index (χ3v) is 4.88. The summed E-state index contributed by atoms with van der Waals surface area (Å²) in [5, 5.41) is 7.98. The van der Waals surface area contributed by atoms with E-state index in [2.05, 4.69) is 20.1 Å². The van der Waals surface area contributed by atoms with Crippen LogP contribution in [-0.2, 0) is 13.6 Å². The molecule has 1 N–H and O–H groups in total. The Balaban J connectivity index is 1.62. The molecule has 1 unspecified atom stereocenters. The van der Waals surface area contributed by atoms with Crippen LogP contribution in [0.25, 0.3) is 0 Å². The first-order valence-corrected chi connectivity index (χ1v) is 9.24. The normalized spacial score (nSPS) is 16.3. The summed E-state index contributed by atoms with van der Waals surface area (Å²) in [5.74, 6) is -0.211. The van der Waals surface area contributed by atoms with Crippen LogP contribution in [0.1, 0.15) is 23.0 Å². The van der Waals surface area contributed by atoms with Gasteiger partial charge in [-0.25, -0.2) is 0 Å². The Morgan fingerprint density at radius 1 is 1.14 bits per heavy atom. The zero-order valence-electron chi connectivity index (χ0n) is 16.1. The summed E-state index contributed by atoms with van der Waals surface area (Å²) in [5.41, 5.74) is 4.71. The molecule has 0 spiro atoms. The summed E-state index contributed by atoms with van der Waals surface area (Å²) in [6, 6.07) is 16.1. The first kappa shape index (κ1) is 19.2. The van der Waals surface area contributed by atoms with Gasteiger partial charge in [-0.3, -0.25) is 4.68 Å². The van der Waals surface area contributed by atoms with Crippen molar-refractivity contribution >= 4 is 11.4 Å². The van der Waals surface area contributed by atoms with E-state index in [0.29, 0.717) is 13.1 Å². The largest absolute Gasteiger partial charge is 0.573 e. The molecule has 2 heterocycles. The zero-order chi connectivity index (χ0) is 20.6. The number of fused-ring (bicyclic) bond motifs is 1. The van der Waals surface area contributed by atoms with Gasteiger partial charge in [0.05, 0.1) is 28.8 Å². The Bertz CT molecular complexity index is 1020. The molecule has 0 radical (unpaired) electrons. The van der Waals surface area contributed by atoms with Crippen molar-refractivity contribution in [2.75, 3.05) is 16.8 Å². The van der Waals surface area contributed by atoms with E-state index in [1.54, 1.807) is 12.1 Å². The van der Waals surface area contributed by atoms with Gasteiger partial charge in [0, 0.05) is 20.1 Å². The van der Waals surface area contributed by atoms with E-state index in [-0.39, 0.29) is 11.8 Å². The molecule has 0 fully saturated rings. The second-order valence-corrected chi connectivity index (χ2v) is 7.12. The van der Waals surface area contributed by atoms with Gasteiger partial charge in [-0.2, -0.15) is 5.10 Å². The van der Waals surface area contributed by atoms with Crippen LogP contribution in [0.3, 0.4) is 0 Å². The predicted molar refractivity (Wildman–Crippen MR) is 105 cm³/mol. The Kier molecular flexibility index (Phi) is 4.86. The number of para-hydroxylation sites is 2. The van der Waals surface area contributed by atoms with Crippen molar-refractivity contribution in [1.82, 2.24) is 9.78 Å². The van der Waals surface area contributed by atoms with E-state index in [1.807, 2.05) is 49.0 Å². The van der Waals surface area contributed by atoms with Gasteiger partial charge in [0.25, 0.3) is 0 Å². The number of nitrogens with zero attached hydrogens (tertiary/aromatic N) is 3. The molecular weight excluding hydrogens is 381 g/mol. The smallest absolute Gasteiger partial charge is 0.406 e. The first-order valence-electron chi connectivity index (χ1n) is 9.24. The van der Waals surface area contributed by atoms with E-state index in [4.69, 9.17) is 0 Å². The van der Waals surface area contributed by atoms with Crippen molar-refractivity contribution in [2.24, 2.45) is 7.05 Å². The quantitative estimate of drug-likeness (QED) is 0.681. The Hall–Kier alpha value is -3.16. The van der Waals surface area contributed by atoms with Crippen molar-refractivity contribution in [3.8, 4) is 5.75 Å². The third-order valence-electron chi connectivity index (χ3n) is 4.88. The number of rotatable bonds is 4. The SMILES string of the molecule is Cc1cc(C2CN(Cc3cccc(OC(F)(F)F)c3)c3ccccc3N2)n(C)n1. The number of hydrogen-bond acceptors (Lipinski definition) is 4. The summed E-state index contributed by atoms with van der Waals surface area (Å²) in [7, 11) is 1.91. The molecule has 3 aromatic rings. The lowest BCUT2D eigenvalue weighted by atomic mass is 10.1. The molecule has 0 aliphatic carbocycles. The molecule has 0 saturated heterocycles. The number of anilines is 2. The van der Waals surface area contributed by atoms with Crippen LogP contribution in [0, 0.1) is 6.92 Å². The fourth-order valence-corrected chi connectivity index (χ4v) is 3.76. The number of halogens is 3. The van der Waals surface area contributed by atoms with Crippen LogP contribution in [0.2, 0.25) is 0 Å². The highest BCUT2D eigenvalue weighted by atomic mass is 19.4. The van der Waals surface area contributed by atoms with Gasteiger partial charge in [-0.05, 0) is 42.8 Å². The van der Waals surface area contributed by atoms with Crippen LogP contribution >= 0.6 is 0 Å². The monoisotopic (exact) mass is 402 g/mol. The lowest BCUT2D eigenvalue weighted by Gasteiger charge is -2.37. The molecule has 2 aromatic carbocycles. The topological polar surface area (TPSA) is 42.3 Å². The number of nitrogens with one attached hydrogen (secondary N) is 1.